The molecule has 0 fully saturated rings. The maximum Gasteiger partial charge on any atom is 0.323 e. The number of rotatable bonds is 5. The smallest absolute Gasteiger partial charge is 0.323 e. The molecule has 9 heteroatoms. The van der Waals surface area contributed by atoms with Crippen LogP contribution in [-0.2, 0) is 0 Å². The van der Waals surface area contributed by atoms with Crippen molar-refractivity contribution in [1.82, 2.24) is 29.7 Å². The molecular formula is C9H10N8O. The number of nitrogen functional groups attached to an aromatic ring is 1. The molecule has 2 heterocycles. The van der Waals surface area contributed by atoms with Gasteiger partial charge in [0.25, 0.3) is 5.95 Å². The predicted molar refractivity (Wildman–Crippen MR) is 61.5 cm³/mol. The van der Waals surface area contributed by atoms with Gasteiger partial charge < -0.3 is 4.74 Å². The summed E-state index contributed by atoms with van der Waals surface area (Å²) in [6.45, 7) is 0.307. The molecule has 2 aromatic rings. The number of ether oxygens (including phenoxy) is 1. The Balaban J connectivity index is 2.25. The van der Waals surface area contributed by atoms with Crippen LogP contribution in [0.15, 0.2) is 12.7 Å². The standard InChI is InChI=1S/C9H10N8O/c1-2-3-4-18-9-14-7(16-10)13-8(15-9)17-6-11-5-12-17/h1,5-6H,3-4,10H2,(H,13,14,15,16). The van der Waals surface area contributed by atoms with Gasteiger partial charge in [-0.05, 0) is 0 Å². The lowest BCUT2D eigenvalue weighted by atomic mass is 10.5. The van der Waals surface area contributed by atoms with E-state index in [4.69, 9.17) is 17.0 Å². The molecule has 0 aliphatic rings. The van der Waals surface area contributed by atoms with Gasteiger partial charge in [0.2, 0.25) is 5.95 Å². The van der Waals surface area contributed by atoms with Crippen LogP contribution in [0.2, 0.25) is 0 Å². The van der Waals surface area contributed by atoms with Gasteiger partial charge in [-0.2, -0.15) is 24.7 Å². The maximum atomic E-state index is 5.27. The molecule has 0 saturated heterocycles. The molecule has 0 radical (unpaired) electrons. The number of aromatic nitrogens is 6. The van der Waals surface area contributed by atoms with Crippen molar-refractivity contribution in [2.24, 2.45) is 5.84 Å². The first-order valence-electron chi connectivity index (χ1n) is 4.97. The maximum absolute atomic E-state index is 5.27. The van der Waals surface area contributed by atoms with Gasteiger partial charge >= 0.3 is 6.01 Å². The zero-order valence-corrected chi connectivity index (χ0v) is 9.32. The minimum atomic E-state index is 0.110. The van der Waals surface area contributed by atoms with E-state index >= 15 is 0 Å². The van der Waals surface area contributed by atoms with Crippen molar-refractivity contribution in [1.29, 1.82) is 0 Å². The number of hydrazine groups is 1. The minimum absolute atomic E-state index is 0.110. The quantitative estimate of drug-likeness (QED) is 0.303. The van der Waals surface area contributed by atoms with E-state index in [0.29, 0.717) is 13.0 Å². The van der Waals surface area contributed by atoms with Gasteiger partial charge in [0.1, 0.15) is 19.3 Å². The highest BCUT2D eigenvalue weighted by Crippen LogP contribution is 2.09. The van der Waals surface area contributed by atoms with E-state index in [0.717, 1.165) is 0 Å². The van der Waals surface area contributed by atoms with Crippen molar-refractivity contribution in [2.45, 2.75) is 6.42 Å². The van der Waals surface area contributed by atoms with Crippen LogP contribution in [0.5, 0.6) is 6.01 Å². The number of nitrogens with one attached hydrogen (secondary N) is 1. The molecule has 9 nitrogen and oxygen atoms in total. The third-order valence-corrected chi connectivity index (χ3v) is 1.83. The summed E-state index contributed by atoms with van der Waals surface area (Å²) >= 11 is 0. The van der Waals surface area contributed by atoms with Crippen LogP contribution < -0.4 is 16.0 Å². The van der Waals surface area contributed by atoms with Gasteiger partial charge in [0, 0.05) is 6.42 Å². The average molecular weight is 246 g/mol. The molecular weight excluding hydrogens is 236 g/mol. The predicted octanol–water partition coefficient (Wildman–Crippen LogP) is -0.860. The lowest BCUT2D eigenvalue weighted by molar-refractivity contribution is 0.299. The zero-order valence-electron chi connectivity index (χ0n) is 9.32. The number of nitrogens with zero attached hydrogens (tertiary/aromatic N) is 6. The van der Waals surface area contributed by atoms with Gasteiger partial charge in [0.05, 0.1) is 0 Å². The van der Waals surface area contributed by atoms with Gasteiger partial charge in [-0.1, -0.05) is 0 Å². The molecule has 0 saturated carbocycles. The summed E-state index contributed by atoms with van der Waals surface area (Å²) in [6, 6.07) is 0.110. The molecule has 3 N–H and O–H groups in total. The van der Waals surface area contributed by atoms with E-state index in [-0.39, 0.29) is 17.9 Å². The highest BCUT2D eigenvalue weighted by Gasteiger charge is 2.08. The van der Waals surface area contributed by atoms with E-state index in [1.165, 1.54) is 17.3 Å². The normalized spacial score (nSPS) is 9.78. The number of nitrogens with two attached hydrogens (primary N) is 1. The average Bonchev–Trinajstić information content (AvgIpc) is 2.92. The van der Waals surface area contributed by atoms with Gasteiger partial charge in [-0.15, -0.1) is 12.3 Å². The second kappa shape index (κ2) is 5.55. The third-order valence-electron chi connectivity index (χ3n) is 1.83. The number of terminal acetylenes is 1. The molecule has 0 aliphatic carbocycles. The van der Waals surface area contributed by atoms with Crippen molar-refractivity contribution in [3.05, 3.63) is 12.7 Å². The van der Waals surface area contributed by atoms with Crippen LogP contribution in [0.4, 0.5) is 5.95 Å². The summed E-state index contributed by atoms with van der Waals surface area (Å²) in [5, 5.41) is 3.90. The second-order valence-corrected chi connectivity index (χ2v) is 3.03. The van der Waals surface area contributed by atoms with Crippen LogP contribution in [0, 0.1) is 12.3 Å². The first kappa shape index (κ1) is 11.7. The molecule has 0 atom stereocenters. The molecule has 0 amide bonds. The fraction of sp³-hybridized carbons (Fsp3) is 0.222. The molecule has 0 aromatic carbocycles. The molecule has 0 unspecified atom stereocenters. The Labute approximate surface area is 102 Å². The number of anilines is 1. The monoisotopic (exact) mass is 246 g/mol. The Hall–Kier alpha value is -2.73. The first-order chi connectivity index (χ1) is 8.83. The zero-order chi connectivity index (χ0) is 12.8. The van der Waals surface area contributed by atoms with E-state index in [1.807, 2.05) is 0 Å². The van der Waals surface area contributed by atoms with E-state index in [9.17, 15) is 0 Å². The molecule has 2 rings (SSSR count). The van der Waals surface area contributed by atoms with Crippen molar-refractivity contribution in [3.8, 4) is 24.3 Å². The topological polar surface area (TPSA) is 117 Å². The van der Waals surface area contributed by atoms with Crippen LogP contribution in [-0.4, -0.2) is 36.3 Å². The molecule has 0 spiro atoms. The van der Waals surface area contributed by atoms with Crippen molar-refractivity contribution >= 4 is 5.95 Å². The highest BCUT2D eigenvalue weighted by molar-refractivity contribution is 5.28. The van der Waals surface area contributed by atoms with Crippen LogP contribution in [0.25, 0.3) is 5.95 Å². The molecule has 0 bridgehead atoms. The lowest BCUT2D eigenvalue weighted by Crippen LogP contribution is -2.15. The summed E-state index contributed by atoms with van der Waals surface area (Å²) in [5.41, 5.74) is 2.32. The van der Waals surface area contributed by atoms with Crippen LogP contribution in [0.3, 0.4) is 0 Å². The first-order valence-corrected chi connectivity index (χ1v) is 4.97. The van der Waals surface area contributed by atoms with Gasteiger partial charge in [0.15, 0.2) is 0 Å². The molecule has 18 heavy (non-hydrogen) atoms. The number of hydrogen-bond acceptors (Lipinski definition) is 8. The van der Waals surface area contributed by atoms with Crippen molar-refractivity contribution in [2.75, 3.05) is 12.0 Å². The largest absolute Gasteiger partial charge is 0.462 e. The SMILES string of the molecule is C#CCCOc1nc(NN)nc(-n2cncn2)n1. The van der Waals surface area contributed by atoms with Gasteiger partial charge in [-0.3, -0.25) is 5.43 Å². The Morgan fingerprint density at radius 2 is 2.33 bits per heavy atom. The summed E-state index contributed by atoms with van der Waals surface area (Å²) in [7, 11) is 0. The van der Waals surface area contributed by atoms with E-state index in [2.05, 4.69) is 36.4 Å². The summed E-state index contributed by atoms with van der Waals surface area (Å²) in [4.78, 5) is 15.8. The molecule has 0 aliphatic heterocycles. The van der Waals surface area contributed by atoms with E-state index < -0.39 is 0 Å². The summed E-state index contributed by atoms with van der Waals surface area (Å²) in [6.07, 6.45) is 8.38. The van der Waals surface area contributed by atoms with Crippen LogP contribution in [0.1, 0.15) is 6.42 Å². The van der Waals surface area contributed by atoms with Gasteiger partial charge in [-0.25, -0.2) is 10.8 Å². The fourth-order valence-electron chi connectivity index (χ4n) is 1.09. The molecule has 2 aromatic heterocycles. The Morgan fingerprint density at radius 1 is 1.44 bits per heavy atom. The van der Waals surface area contributed by atoms with Crippen LogP contribution >= 0.6 is 0 Å². The van der Waals surface area contributed by atoms with Crippen molar-refractivity contribution in [3.63, 3.8) is 0 Å². The fourth-order valence-corrected chi connectivity index (χ4v) is 1.09. The Kier molecular flexibility index (Phi) is 3.62. The highest BCUT2D eigenvalue weighted by atomic mass is 16.5. The second-order valence-electron chi connectivity index (χ2n) is 3.03. The number of hydrogen-bond donors (Lipinski definition) is 2. The summed E-state index contributed by atoms with van der Waals surface area (Å²) in [5.74, 6) is 8.10. The van der Waals surface area contributed by atoms with E-state index in [1.54, 1.807) is 0 Å². The molecule has 92 valence electrons. The minimum Gasteiger partial charge on any atom is -0.462 e. The Bertz CT molecular complexity index is 546. The summed E-state index contributed by atoms with van der Waals surface area (Å²) < 4.78 is 6.62. The third kappa shape index (κ3) is 2.69. The lowest BCUT2D eigenvalue weighted by Gasteiger charge is -2.06. The Morgan fingerprint density at radius 3 is 3.00 bits per heavy atom. The van der Waals surface area contributed by atoms with Crippen molar-refractivity contribution < 1.29 is 4.74 Å².